The summed E-state index contributed by atoms with van der Waals surface area (Å²) in [5.74, 6) is 1.33. The van der Waals surface area contributed by atoms with Crippen LogP contribution in [0.4, 0.5) is 0 Å². The summed E-state index contributed by atoms with van der Waals surface area (Å²) in [5.41, 5.74) is 7.88. The van der Waals surface area contributed by atoms with Crippen LogP contribution in [0.2, 0.25) is 0 Å². The molecule has 0 saturated carbocycles. The number of likely N-dealkylation sites (tertiary alicyclic amines) is 1. The van der Waals surface area contributed by atoms with Gasteiger partial charge in [0.15, 0.2) is 0 Å². The maximum absolute atomic E-state index is 5.87. The number of piperidine rings is 1. The fourth-order valence-corrected chi connectivity index (χ4v) is 2.96. The zero-order valence-electron chi connectivity index (χ0n) is 12.5. The highest BCUT2D eigenvalue weighted by atomic mass is 15.5. The van der Waals surface area contributed by atoms with Gasteiger partial charge in [-0.15, -0.1) is 0 Å². The first-order valence-electron chi connectivity index (χ1n) is 7.65. The summed E-state index contributed by atoms with van der Waals surface area (Å²) < 4.78 is 0. The van der Waals surface area contributed by atoms with E-state index in [0.717, 1.165) is 43.5 Å². The van der Waals surface area contributed by atoms with Gasteiger partial charge >= 0.3 is 0 Å². The van der Waals surface area contributed by atoms with Crippen molar-refractivity contribution in [2.75, 3.05) is 19.6 Å². The molecule has 1 saturated heterocycles. The highest BCUT2D eigenvalue weighted by Crippen LogP contribution is 2.23. The molecule has 1 aromatic heterocycles. The maximum Gasteiger partial charge on any atom is 0.0971 e. The predicted octanol–water partition coefficient (Wildman–Crippen LogP) is 1.68. The summed E-state index contributed by atoms with van der Waals surface area (Å²) in [6.45, 7) is 6.12. The van der Waals surface area contributed by atoms with Crippen LogP contribution in [0.3, 0.4) is 0 Å². The van der Waals surface area contributed by atoms with E-state index in [1.165, 1.54) is 6.42 Å². The molecule has 0 aliphatic carbocycles. The van der Waals surface area contributed by atoms with Gasteiger partial charge in [-0.05, 0) is 43.5 Å². The second-order valence-electron chi connectivity index (χ2n) is 5.96. The van der Waals surface area contributed by atoms with Crippen LogP contribution >= 0.6 is 0 Å². The molecule has 2 heterocycles. The summed E-state index contributed by atoms with van der Waals surface area (Å²) >= 11 is 0. The third-order valence-corrected chi connectivity index (χ3v) is 4.41. The zero-order valence-corrected chi connectivity index (χ0v) is 12.5. The van der Waals surface area contributed by atoms with Crippen LogP contribution in [0.15, 0.2) is 36.5 Å². The molecule has 1 fully saturated rings. The van der Waals surface area contributed by atoms with Gasteiger partial charge in [0.1, 0.15) is 0 Å². The van der Waals surface area contributed by atoms with Crippen LogP contribution in [0.1, 0.15) is 19.0 Å². The van der Waals surface area contributed by atoms with E-state index >= 15 is 0 Å². The van der Waals surface area contributed by atoms with E-state index in [0.29, 0.717) is 5.92 Å². The van der Waals surface area contributed by atoms with Crippen LogP contribution in [-0.4, -0.2) is 39.5 Å². The molecule has 21 heavy (non-hydrogen) atoms. The van der Waals surface area contributed by atoms with Gasteiger partial charge in [-0.25, -0.2) is 0 Å². The Bertz CT molecular complexity index is 565. The molecule has 3 rings (SSSR count). The largest absolute Gasteiger partial charge is 0.330 e. The van der Waals surface area contributed by atoms with E-state index < -0.39 is 0 Å². The van der Waals surface area contributed by atoms with Gasteiger partial charge in [-0.1, -0.05) is 25.1 Å². The van der Waals surface area contributed by atoms with E-state index in [9.17, 15) is 0 Å². The summed E-state index contributed by atoms with van der Waals surface area (Å²) in [6, 6.07) is 10.0. The first-order valence-corrected chi connectivity index (χ1v) is 7.65. The fourth-order valence-electron chi connectivity index (χ4n) is 2.96. The second-order valence-corrected chi connectivity index (χ2v) is 5.96. The van der Waals surface area contributed by atoms with Crippen LogP contribution in [-0.2, 0) is 6.54 Å². The lowest BCUT2D eigenvalue weighted by molar-refractivity contribution is 0.125. The van der Waals surface area contributed by atoms with Crippen molar-refractivity contribution in [2.24, 2.45) is 17.6 Å². The number of aromatic nitrogens is 3. The Labute approximate surface area is 125 Å². The van der Waals surface area contributed by atoms with Gasteiger partial charge < -0.3 is 5.73 Å². The van der Waals surface area contributed by atoms with E-state index in [4.69, 9.17) is 5.73 Å². The molecule has 2 atom stereocenters. The zero-order chi connectivity index (χ0) is 14.7. The topological polar surface area (TPSA) is 60.0 Å². The Hall–Kier alpha value is -1.72. The van der Waals surface area contributed by atoms with Crippen LogP contribution in [0.5, 0.6) is 0 Å². The minimum absolute atomic E-state index is 0.600. The van der Waals surface area contributed by atoms with Gasteiger partial charge in [0.2, 0.25) is 0 Å². The molecular weight excluding hydrogens is 262 g/mol. The first-order chi connectivity index (χ1) is 10.3. The monoisotopic (exact) mass is 285 g/mol. The van der Waals surface area contributed by atoms with Crippen molar-refractivity contribution in [3.8, 4) is 5.69 Å². The van der Waals surface area contributed by atoms with Gasteiger partial charge in [-0.2, -0.15) is 15.0 Å². The first kappa shape index (κ1) is 14.2. The fraction of sp³-hybridized carbons (Fsp3) is 0.500. The third-order valence-electron chi connectivity index (χ3n) is 4.41. The van der Waals surface area contributed by atoms with Gasteiger partial charge in [0, 0.05) is 13.1 Å². The molecule has 0 bridgehead atoms. The van der Waals surface area contributed by atoms with Crippen molar-refractivity contribution in [1.82, 2.24) is 19.9 Å². The lowest BCUT2D eigenvalue weighted by Gasteiger charge is -2.36. The van der Waals surface area contributed by atoms with Crippen LogP contribution in [0.25, 0.3) is 5.69 Å². The minimum atomic E-state index is 0.600. The van der Waals surface area contributed by atoms with Crippen LogP contribution in [0, 0.1) is 11.8 Å². The van der Waals surface area contributed by atoms with Crippen molar-refractivity contribution in [3.05, 3.63) is 42.2 Å². The number of para-hydroxylation sites is 1. The Morgan fingerprint density at radius 2 is 2.10 bits per heavy atom. The van der Waals surface area contributed by atoms with Gasteiger partial charge in [0.05, 0.1) is 17.6 Å². The lowest BCUT2D eigenvalue weighted by Crippen LogP contribution is -2.42. The maximum atomic E-state index is 5.87. The normalized spacial score (nSPS) is 23.3. The Balaban J connectivity index is 1.65. The number of hydrogen-bond acceptors (Lipinski definition) is 4. The molecule has 0 radical (unpaired) electrons. The van der Waals surface area contributed by atoms with Crippen molar-refractivity contribution in [3.63, 3.8) is 0 Å². The highest BCUT2D eigenvalue weighted by molar-refractivity contribution is 5.28. The Morgan fingerprint density at radius 1 is 1.29 bits per heavy atom. The van der Waals surface area contributed by atoms with E-state index in [2.05, 4.69) is 22.0 Å². The molecule has 112 valence electrons. The summed E-state index contributed by atoms with van der Waals surface area (Å²) in [4.78, 5) is 4.14. The van der Waals surface area contributed by atoms with E-state index in [1.807, 2.05) is 36.5 Å². The van der Waals surface area contributed by atoms with Crippen LogP contribution < -0.4 is 5.73 Å². The SMILES string of the molecule is CC1CCN(Cc2cnn(-c3ccccc3)n2)CC1CN. The molecular formula is C16H23N5. The smallest absolute Gasteiger partial charge is 0.0971 e. The number of nitrogens with zero attached hydrogens (tertiary/aromatic N) is 4. The third kappa shape index (κ3) is 3.31. The van der Waals surface area contributed by atoms with Gasteiger partial charge in [0.25, 0.3) is 0 Å². The summed E-state index contributed by atoms with van der Waals surface area (Å²) in [5, 5.41) is 8.94. The molecule has 2 unspecified atom stereocenters. The highest BCUT2D eigenvalue weighted by Gasteiger charge is 2.25. The molecule has 1 aromatic carbocycles. The number of hydrogen-bond donors (Lipinski definition) is 1. The molecule has 1 aliphatic rings. The minimum Gasteiger partial charge on any atom is -0.330 e. The van der Waals surface area contributed by atoms with Crippen molar-refractivity contribution in [2.45, 2.75) is 19.9 Å². The molecule has 5 nitrogen and oxygen atoms in total. The van der Waals surface area contributed by atoms with E-state index in [-0.39, 0.29) is 0 Å². The lowest BCUT2D eigenvalue weighted by atomic mass is 9.87. The molecule has 2 aromatic rings. The van der Waals surface area contributed by atoms with E-state index in [1.54, 1.807) is 4.80 Å². The molecule has 2 N–H and O–H groups in total. The summed E-state index contributed by atoms with van der Waals surface area (Å²) in [7, 11) is 0. The van der Waals surface area contributed by atoms with Crippen molar-refractivity contribution < 1.29 is 0 Å². The Morgan fingerprint density at radius 3 is 2.86 bits per heavy atom. The standard InChI is InChI=1S/C16H23N5/c1-13-7-8-20(11-14(13)9-17)12-15-10-18-21(19-15)16-5-3-2-4-6-16/h2-6,10,13-14H,7-9,11-12,17H2,1H3. The molecule has 0 amide bonds. The van der Waals surface area contributed by atoms with Crippen molar-refractivity contribution in [1.29, 1.82) is 0 Å². The average Bonchev–Trinajstić information content (AvgIpc) is 2.98. The number of benzene rings is 1. The second kappa shape index (κ2) is 6.37. The summed E-state index contributed by atoms with van der Waals surface area (Å²) in [6.07, 6.45) is 3.08. The Kier molecular flexibility index (Phi) is 4.31. The number of nitrogens with two attached hydrogens (primary N) is 1. The van der Waals surface area contributed by atoms with Crippen molar-refractivity contribution >= 4 is 0 Å². The number of rotatable bonds is 4. The quantitative estimate of drug-likeness (QED) is 0.928. The molecule has 0 spiro atoms. The molecule has 1 aliphatic heterocycles. The molecule has 5 heteroatoms. The predicted molar refractivity (Wildman–Crippen MR) is 83.0 cm³/mol. The average molecular weight is 285 g/mol. The van der Waals surface area contributed by atoms with Gasteiger partial charge in [-0.3, -0.25) is 4.90 Å².